The number of hydrogen-bond donors (Lipinski definition) is 1. The van der Waals surface area contributed by atoms with E-state index in [-0.39, 0.29) is 17.9 Å². The lowest BCUT2D eigenvalue weighted by Crippen LogP contribution is -2.44. The number of nitrogens with zero attached hydrogens (tertiary/aromatic N) is 1. The standard InChI is InChI=1S/C13H26N2O2/c1-10(2)15(7-8-17-3)13(16)12-6-4-5-11(12)9-14/h10-12H,4-9,14H2,1-3H3. The van der Waals surface area contributed by atoms with Crippen LogP contribution in [0.15, 0.2) is 0 Å². The lowest BCUT2D eigenvalue weighted by molar-refractivity contribution is -0.139. The van der Waals surface area contributed by atoms with Gasteiger partial charge in [0.1, 0.15) is 0 Å². The first-order valence-electron chi connectivity index (χ1n) is 6.61. The van der Waals surface area contributed by atoms with Crippen molar-refractivity contribution < 1.29 is 9.53 Å². The summed E-state index contributed by atoms with van der Waals surface area (Å²) in [4.78, 5) is 14.4. The van der Waals surface area contributed by atoms with Crippen LogP contribution in [0.1, 0.15) is 33.1 Å². The summed E-state index contributed by atoms with van der Waals surface area (Å²) in [5.41, 5.74) is 5.74. The van der Waals surface area contributed by atoms with Gasteiger partial charge in [-0.25, -0.2) is 0 Å². The third-order valence-electron chi connectivity index (χ3n) is 3.72. The maximum Gasteiger partial charge on any atom is 0.226 e. The third kappa shape index (κ3) is 3.68. The van der Waals surface area contributed by atoms with Gasteiger partial charge in [0.25, 0.3) is 0 Å². The zero-order valence-corrected chi connectivity index (χ0v) is 11.3. The van der Waals surface area contributed by atoms with Gasteiger partial charge in [-0.3, -0.25) is 4.79 Å². The number of rotatable bonds is 6. The van der Waals surface area contributed by atoms with Gasteiger partial charge in [-0.05, 0) is 39.2 Å². The zero-order valence-electron chi connectivity index (χ0n) is 11.3. The van der Waals surface area contributed by atoms with Crippen molar-refractivity contribution in [3.8, 4) is 0 Å². The molecule has 0 aliphatic heterocycles. The molecule has 100 valence electrons. The predicted molar refractivity (Wildman–Crippen MR) is 68.6 cm³/mol. The second kappa shape index (κ2) is 6.97. The van der Waals surface area contributed by atoms with Crippen molar-refractivity contribution in [2.75, 3.05) is 26.8 Å². The third-order valence-corrected chi connectivity index (χ3v) is 3.72. The maximum absolute atomic E-state index is 12.5. The quantitative estimate of drug-likeness (QED) is 0.762. The highest BCUT2D eigenvalue weighted by Gasteiger charge is 2.35. The molecule has 0 aromatic rings. The normalized spacial score (nSPS) is 24.3. The minimum absolute atomic E-state index is 0.138. The Morgan fingerprint density at radius 1 is 1.47 bits per heavy atom. The summed E-state index contributed by atoms with van der Waals surface area (Å²) >= 11 is 0. The fourth-order valence-corrected chi connectivity index (χ4v) is 2.67. The van der Waals surface area contributed by atoms with Crippen LogP contribution < -0.4 is 5.73 Å². The first kappa shape index (κ1) is 14.5. The number of nitrogens with two attached hydrogens (primary N) is 1. The van der Waals surface area contributed by atoms with E-state index in [0.717, 1.165) is 19.3 Å². The molecule has 2 atom stereocenters. The molecule has 1 amide bonds. The van der Waals surface area contributed by atoms with Gasteiger partial charge in [0.05, 0.1) is 6.61 Å². The molecule has 0 spiro atoms. The maximum atomic E-state index is 12.5. The van der Waals surface area contributed by atoms with E-state index in [2.05, 4.69) is 13.8 Å². The van der Waals surface area contributed by atoms with Gasteiger partial charge in [-0.2, -0.15) is 0 Å². The Bertz CT molecular complexity index is 244. The van der Waals surface area contributed by atoms with Crippen LogP contribution in [0.4, 0.5) is 0 Å². The van der Waals surface area contributed by atoms with Gasteiger partial charge >= 0.3 is 0 Å². The first-order valence-corrected chi connectivity index (χ1v) is 6.61. The molecule has 17 heavy (non-hydrogen) atoms. The van der Waals surface area contributed by atoms with E-state index in [1.807, 2.05) is 4.90 Å². The highest BCUT2D eigenvalue weighted by Crippen LogP contribution is 2.32. The molecule has 0 aromatic heterocycles. The Morgan fingerprint density at radius 2 is 2.18 bits per heavy atom. The molecule has 1 rings (SSSR count). The summed E-state index contributed by atoms with van der Waals surface area (Å²) in [6.45, 7) is 6.03. The van der Waals surface area contributed by atoms with E-state index in [4.69, 9.17) is 10.5 Å². The Kier molecular flexibility index (Phi) is 5.92. The fourth-order valence-electron chi connectivity index (χ4n) is 2.67. The van der Waals surface area contributed by atoms with E-state index in [1.54, 1.807) is 7.11 Å². The Balaban J connectivity index is 2.63. The van der Waals surface area contributed by atoms with Gasteiger partial charge in [0.2, 0.25) is 5.91 Å². The van der Waals surface area contributed by atoms with Crippen molar-refractivity contribution in [2.24, 2.45) is 17.6 Å². The predicted octanol–water partition coefficient (Wildman–Crippen LogP) is 1.24. The van der Waals surface area contributed by atoms with Gasteiger partial charge in [-0.15, -0.1) is 0 Å². The number of carbonyl (C=O) groups is 1. The Morgan fingerprint density at radius 3 is 2.71 bits per heavy atom. The summed E-state index contributed by atoms with van der Waals surface area (Å²) in [5.74, 6) is 0.788. The Labute approximate surface area is 104 Å². The van der Waals surface area contributed by atoms with Crippen molar-refractivity contribution in [3.63, 3.8) is 0 Å². The summed E-state index contributed by atoms with van der Waals surface area (Å²) in [6, 6.07) is 0.233. The van der Waals surface area contributed by atoms with Crippen LogP contribution in [0.25, 0.3) is 0 Å². The van der Waals surface area contributed by atoms with E-state index >= 15 is 0 Å². The minimum atomic E-state index is 0.138. The minimum Gasteiger partial charge on any atom is -0.383 e. The van der Waals surface area contributed by atoms with Gasteiger partial charge in [0.15, 0.2) is 0 Å². The first-order chi connectivity index (χ1) is 8.11. The fraction of sp³-hybridized carbons (Fsp3) is 0.923. The molecule has 1 aliphatic rings. The average Bonchev–Trinajstić information content (AvgIpc) is 2.76. The van der Waals surface area contributed by atoms with Crippen LogP contribution in [0.3, 0.4) is 0 Å². The SMILES string of the molecule is COCCN(C(=O)C1CCCC1CN)C(C)C. The van der Waals surface area contributed by atoms with Crippen molar-refractivity contribution in [1.82, 2.24) is 4.90 Å². The molecule has 1 aliphatic carbocycles. The van der Waals surface area contributed by atoms with Crippen molar-refractivity contribution in [1.29, 1.82) is 0 Å². The number of carbonyl (C=O) groups excluding carboxylic acids is 1. The van der Waals surface area contributed by atoms with Crippen LogP contribution in [-0.2, 0) is 9.53 Å². The smallest absolute Gasteiger partial charge is 0.226 e. The van der Waals surface area contributed by atoms with Crippen LogP contribution >= 0.6 is 0 Å². The highest BCUT2D eigenvalue weighted by molar-refractivity contribution is 5.79. The topological polar surface area (TPSA) is 55.6 Å². The number of ether oxygens (including phenoxy) is 1. The molecule has 0 bridgehead atoms. The van der Waals surface area contributed by atoms with E-state index in [9.17, 15) is 4.79 Å². The van der Waals surface area contributed by atoms with Gasteiger partial charge < -0.3 is 15.4 Å². The zero-order chi connectivity index (χ0) is 12.8. The van der Waals surface area contributed by atoms with E-state index in [0.29, 0.717) is 25.6 Å². The molecule has 0 saturated heterocycles. The summed E-state index contributed by atoms with van der Waals surface area (Å²) in [7, 11) is 1.67. The molecule has 1 fully saturated rings. The lowest BCUT2D eigenvalue weighted by atomic mass is 9.94. The molecule has 0 radical (unpaired) electrons. The van der Waals surface area contributed by atoms with Gasteiger partial charge in [0, 0.05) is 25.6 Å². The van der Waals surface area contributed by atoms with Crippen molar-refractivity contribution >= 4 is 5.91 Å². The van der Waals surface area contributed by atoms with E-state index in [1.165, 1.54) is 0 Å². The molecule has 4 nitrogen and oxygen atoms in total. The van der Waals surface area contributed by atoms with Crippen LogP contribution in [0.2, 0.25) is 0 Å². The van der Waals surface area contributed by atoms with E-state index < -0.39 is 0 Å². The summed E-state index contributed by atoms with van der Waals surface area (Å²) < 4.78 is 5.07. The number of hydrogen-bond acceptors (Lipinski definition) is 3. The molecule has 0 aromatic carbocycles. The van der Waals surface area contributed by atoms with Crippen LogP contribution in [0, 0.1) is 11.8 Å². The number of methoxy groups -OCH3 is 1. The highest BCUT2D eigenvalue weighted by atomic mass is 16.5. The second-order valence-corrected chi connectivity index (χ2v) is 5.15. The van der Waals surface area contributed by atoms with Crippen molar-refractivity contribution in [2.45, 2.75) is 39.2 Å². The molecular weight excluding hydrogens is 216 g/mol. The second-order valence-electron chi connectivity index (χ2n) is 5.15. The van der Waals surface area contributed by atoms with Crippen LogP contribution in [-0.4, -0.2) is 43.7 Å². The monoisotopic (exact) mass is 242 g/mol. The van der Waals surface area contributed by atoms with Crippen LogP contribution in [0.5, 0.6) is 0 Å². The summed E-state index contributed by atoms with van der Waals surface area (Å²) in [5, 5.41) is 0. The molecule has 2 unspecified atom stereocenters. The number of amides is 1. The lowest BCUT2D eigenvalue weighted by Gasteiger charge is -2.31. The molecular formula is C13H26N2O2. The van der Waals surface area contributed by atoms with Gasteiger partial charge in [-0.1, -0.05) is 6.42 Å². The van der Waals surface area contributed by atoms with Crippen molar-refractivity contribution in [3.05, 3.63) is 0 Å². The largest absolute Gasteiger partial charge is 0.383 e. The molecule has 0 heterocycles. The molecule has 2 N–H and O–H groups in total. The molecule has 4 heteroatoms. The summed E-state index contributed by atoms with van der Waals surface area (Å²) in [6.07, 6.45) is 3.23. The average molecular weight is 242 g/mol. The molecule has 1 saturated carbocycles. The Hall–Kier alpha value is -0.610.